The molecular weight excluding hydrogens is 394 g/mol. The number of nitrogens with zero attached hydrogens (tertiary/aromatic N) is 4. The fourth-order valence-electron chi connectivity index (χ4n) is 2.89. The van der Waals surface area contributed by atoms with Crippen LogP contribution in [0.2, 0.25) is 0 Å². The standard InChI is InChI=1S/C23H21N5O3/c1-30-19-8-3-17(4-9-19)5-13-22(29)25-18-6-10-20(11-7-18)31-23-14-12-21(26-27-23)28-16-2-15-24-28/h2-4,6-12,14-16H,5,13H2,1H3,(H,25,29). The minimum Gasteiger partial charge on any atom is -0.497 e. The number of anilines is 1. The second-order valence-corrected chi connectivity index (χ2v) is 6.70. The SMILES string of the molecule is COc1ccc(CCC(=O)Nc2ccc(Oc3ccc(-n4cccn4)nn3)cc2)cc1. The lowest BCUT2D eigenvalue weighted by atomic mass is 10.1. The summed E-state index contributed by atoms with van der Waals surface area (Å²) in [5, 5.41) is 15.1. The Hall–Kier alpha value is -4.20. The van der Waals surface area contributed by atoms with E-state index in [0.717, 1.165) is 11.3 Å². The van der Waals surface area contributed by atoms with Crippen LogP contribution in [0.15, 0.2) is 79.1 Å². The molecule has 31 heavy (non-hydrogen) atoms. The van der Waals surface area contributed by atoms with Crippen LogP contribution in [0.1, 0.15) is 12.0 Å². The summed E-state index contributed by atoms with van der Waals surface area (Å²) in [6.07, 6.45) is 4.51. The van der Waals surface area contributed by atoms with E-state index in [1.165, 1.54) is 0 Å². The van der Waals surface area contributed by atoms with Gasteiger partial charge < -0.3 is 14.8 Å². The Kier molecular flexibility index (Phi) is 6.18. The van der Waals surface area contributed by atoms with Crippen molar-refractivity contribution in [2.24, 2.45) is 0 Å². The first kappa shape index (κ1) is 20.1. The number of carbonyl (C=O) groups is 1. The number of hydrogen-bond acceptors (Lipinski definition) is 6. The number of benzene rings is 2. The van der Waals surface area contributed by atoms with E-state index in [4.69, 9.17) is 9.47 Å². The zero-order valence-electron chi connectivity index (χ0n) is 16.9. The molecule has 8 heteroatoms. The molecule has 0 aliphatic heterocycles. The first-order valence-electron chi connectivity index (χ1n) is 9.74. The van der Waals surface area contributed by atoms with Crippen LogP contribution >= 0.6 is 0 Å². The van der Waals surface area contributed by atoms with Crippen LogP contribution in [0.25, 0.3) is 5.82 Å². The number of nitrogens with one attached hydrogen (secondary N) is 1. The fourth-order valence-corrected chi connectivity index (χ4v) is 2.89. The summed E-state index contributed by atoms with van der Waals surface area (Å²) < 4.78 is 12.5. The van der Waals surface area contributed by atoms with E-state index in [1.807, 2.05) is 30.3 Å². The summed E-state index contributed by atoms with van der Waals surface area (Å²) in [6.45, 7) is 0. The number of rotatable bonds is 8. The van der Waals surface area contributed by atoms with Gasteiger partial charge in [-0.3, -0.25) is 4.79 Å². The molecular formula is C23H21N5O3. The lowest BCUT2D eigenvalue weighted by molar-refractivity contribution is -0.116. The van der Waals surface area contributed by atoms with Crippen molar-refractivity contribution in [1.82, 2.24) is 20.0 Å². The average molecular weight is 415 g/mol. The van der Waals surface area contributed by atoms with Gasteiger partial charge in [-0.1, -0.05) is 12.1 Å². The van der Waals surface area contributed by atoms with Gasteiger partial charge >= 0.3 is 0 Å². The number of amides is 1. The molecule has 0 unspecified atom stereocenters. The molecule has 0 bridgehead atoms. The number of ether oxygens (including phenoxy) is 2. The van der Waals surface area contributed by atoms with Crippen LogP contribution < -0.4 is 14.8 Å². The second kappa shape index (κ2) is 9.53. The van der Waals surface area contributed by atoms with Crippen LogP contribution in [0, 0.1) is 0 Å². The smallest absolute Gasteiger partial charge is 0.238 e. The summed E-state index contributed by atoms with van der Waals surface area (Å²) in [6, 6.07) is 20.1. The highest BCUT2D eigenvalue weighted by Gasteiger charge is 2.06. The summed E-state index contributed by atoms with van der Waals surface area (Å²) >= 11 is 0. The van der Waals surface area contributed by atoms with Crippen molar-refractivity contribution in [3.8, 4) is 23.2 Å². The van der Waals surface area contributed by atoms with Gasteiger partial charge in [0.1, 0.15) is 11.5 Å². The van der Waals surface area contributed by atoms with Crippen LogP contribution in [0.3, 0.4) is 0 Å². The molecule has 1 amide bonds. The predicted molar refractivity (Wildman–Crippen MR) is 116 cm³/mol. The second-order valence-electron chi connectivity index (χ2n) is 6.70. The Morgan fingerprint density at radius 1 is 0.968 bits per heavy atom. The topological polar surface area (TPSA) is 91.2 Å². The summed E-state index contributed by atoms with van der Waals surface area (Å²) in [5.74, 6) is 2.31. The van der Waals surface area contributed by atoms with Crippen molar-refractivity contribution in [3.05, 3.63) is 84.7 Å². The first-order chi connectivity index (χ1) is 15.2. The molecule has 2 aromatic heterocycles. The molecule has 2 heterocycles. The van der Waals surface area contributed by atoms with Crippen LogP contribution in [-0.2, 0) is 11.2 Å². The largest absolute Gasteiger partial charge is 0.497 e. The van der Waals surface area contributed by atoms with E-state index in [0.29, 0.717) is 36.0 Å². The lowest BCUT2D eigenvalue weighted by Gasteiger charge is -2.08. The van der Waals surface area contributed by atoms with Crippen molar-refractivity contribution in [3.63, 3.8) is 0 Å². The maximum atomic E-state index is 12.2. The van der Waals surface area contributed by atoms with Crippen LogP contribution in [0.5, 0.6) is 17.4 Å². The Labute approximate surface area is 179 Å². The van der Waals surface area contributed by atoms with Gasteiger partial charge in [0.2, 0.25) is 11.8 Å². The number of hydrogen-bond donors (Lipinski definition) is 1. The Balaban J connectivity index is 1.28. The van der Waals surface area contributed by atoms with E-state index in [2.05, 4.69) is 20.6 Å². The molecule has 4 rings (SSSR count). The van der Waals surface area contributed by atoms with Gasteiger partial charge in [-0.15, -0.1) is 10.2 Å². The first-order valence-corrected chi connectivity index (χ1v) is 9.74. The van der Waals surface area contributed by atoms with Crippen molar-refractivity contribution in [2.75, 3.05) is 12.4 Å². The van der Waals surface area contributed by atoms with E-state index in [-0.39, 0.29) is 5.91 Å². The Bertz CT molecular complexity index is 1110. The number of methoxy groups -OCH3 is 1. The molecule has 0 radical (unpaired) electrons. The highest BCUT2D eigenvalue weighted by atomic mass is 16.5. The molecule has 8 nitrogen and oxygen atoms in total. The fraction of sp³-hybridized carbons (Fsp3) is 0.130. The summed E-state index contributed by atoms with van der Waals surface area (Å²) in [5.41, 5.74) is 1.78. The molecule has 156 valence electrons. The third kappa shape index (κ3) is 5.45. The number of carbonyl (C=O) groups excluding carboxylic acids is 1. The molecule has 0 atom stereocenters. The molecule has 1 N–H and O–H groups in total. The van der Waals surface area contributed by atoms with Gasteiger partial charge in [0.15, 0.2) is 5.82 Å². The van der Waals surface area contributed by atoms with Crippen molar-refractivity contribution in [1.29, 1.82) is 0 Å². The van der Waals surface area contributed by atoms with E-state index >= 15 is 0 Å². The third-order valence-corrected chi connectivity index (χ3v) is 4.53. The monoisotopic (exact) mass is 415 g/mol. The van der Waals surface area contributed by atoms with E-state index < -0.39 is 0 Å². The van der Waals surface area contributed by atoms with Gasteiger partial charge in [0.25, 0.3) is 0 Å². The quantitative estimate of drug-likeness (QED) is 0.467. The highest BCUT2D eigenvalue weighted by molar-refractivity contribution is 5.90. The van der Waals surface area contributed by atoms with Crippen LogP contribution in [0.4, 0.5) is 5.69 Å². The van der Waals surface area contributed by atoms with Crippen molar-refractivity contribution >= 4 is 11.6 Å². The van der Waals surface area contributed by atoms with Gasteiger partial charge in [-0.05, 0) is 60.5 Å². The molecule has 0 aliphatic carbocycles. The summed E-state index contributed by atoms with van der Waals surface area (Å²) in [4.78, 5) is 12.2. The van der Waals surface area contributed by atoms with E-state index in [1.54, 1.807) is 60.6 Å². The van der Waals surface area contributed by atoms with Crippen molar-refractivity contribution < 1.29 is 14.3 Å². The zero-order chi connectivity index (χ0) is 21.5. The van der Waals surface area contributed by atoms with Gasteiger partial charge in [-0.25, -0.2) is 4.68 Å². The third-order valence-electron chi connectivity index (χ3n) is 4.53. The molecule has 0 aliphatic rings. The number of aromatic nitrogens is 4. The zero-order valence-corrected chi connectivity index (χ0v) is 16.9. The molecule has 4 aromatic rings. The highest BCUT2D eigenvalue weighted by Crippen LogP contribution is 2.22. The van der Waals surface area contributed by atoms with Crippen LogP contribution in [-0.4, -0.2) is 33.0 Å². The molecule has 0 fully saturated rings. The minimum absolute atomic E-state index is 0.0513. The summed E-state index contributed by atoms with van der Waals surface area (Å²) in [7, 11) is 1.63. The van der Waals surface area contributed by atoms with E-state index in [9.17, 15) is 4.79 Å². The Morgan fingerprint density at radius 2 is 1.74 bits per heavy atom. The Morgan fingerprint density at radius 3 is 2.39 bits per heavy atom. The molecule has 0 saturated heterocycles. The molecule has 2 aromatic carbocycles. The lowest BCUT2D eigenvalue weighted by Crippen LogP contribution is -2.12. The normalized spacial score (nSPS) is 10.5. The maximum absolute atomic E-state index is 12.2. The van der Waals surface area contributed by atoms with Gasteiger partial charge in [0.05, 0.1) is 7.11 Å². The van der Waals surface area contributed by atoms with Crippen molar-refractivity contribution in [2.45, 2.75) is 12.8 Å². The molecule has 0 spiro atoms. The predicted octanol–water partition coefficient (Wildman–Crippen LogP) is 4.03. The molecule has 0 saturated carbocycles. The van der Waals surface area contributed by atoms with Gasteiger partial charge in [0, 0.05) is 30.6 Å². The minimum atomic E-state index is -0.0513. The average Bonchev–Trinajstić information content (AvgIpc) is 3.35. The van der Waals surface area contributed by atoms with Gasteiger partial charge in [-0.2, -0.15) is 5.10 Å². The maximum Gasteiger partial charge on any atom is 0.238 e. The number of aryl methyl sites for hydroxylation is 1.